The molecule has 160 valence electrons. The molecule has 0 bridgehead atoms. The maximum absolute atomic E-state index is 6.22. The van der Waals surface area contributed by atoms with Crippen LogP contribution in [0.5, 0.6) is 17.2 Å². The molecule has 32 heavy (non-hydrogen) atoms. The smallest absolute Gasteiger partial charge is 0.135 e. The van der Waals surface area contributed by atoms with Crippen LogP contribution in [0, 0.1) is 0 Å². The number of H-pyrrole nitrogens is 1. The lowest BCUT2D eigenvalue weighted by molar-refractivity contribution is 0.415. The highest BCUT2D eigenvalue weighted by molar-refractivity contribution is 5.88. The quantitative estimate of drug-likeness (QED) is 0.282. The summed E-state index contributed by atoms with van der Waals surface area (Å²) in [6, 6.07) is 28.8. The maximum Gasteiger partial charge on any atom is 0.135 e. The van der Waals surface area contributed by atoms with E-state index < -0.39 is 0 Å². The van der Waals surface area contributed by atoms with Gasteiger partial charge in [0.25, 0.3) is 0 Å². The first-order valence-electron chi connectivity index (χ1n) is 10.9. The molecular weight excluding hydrogens is 396 g/mol. The van der Waals surface area contributed by atoms with Gasteiger partial charge in [0.1, 0.15) is 17.2 Å². The summed E-state index contributed by atoms with van der Waals surface area (Å²) in [4.78, 5) is 3.34. The molecule has 0 aliphatic rings. The maximum atomic E-state index is 6.22. The van der Waals surface area contributed by atoms with E-state index >= 15 is 0 Å². The molecule has 0 amide bonds. The molecule has 0 fully saturated rings. The second-order valence-electron chi connectivity index (χ2n) is 7.88. The third-order valence-electron chi connectivity index (χ3n) is 5.75. The van der Waals surface area contributed by atoms with Crippen LogP contribution < -0.4 is 14.8 Å². The van der Waals surface area contributed by atoms with E-state index in [4.69, 9.17) is 9.47 Å². The summed E-state index contributed by atoms with van der Waals surface area (Å²) < 4.78 is 11.6. The van der Waals surface area contributed by atoms with E-state index in [1.165, 1.54) is 21.9 Å². The molecule has 0 spiro atoms. The Hall–Kier alpha value is -3.76. The van der Waals surface area contributed by atoms with E-state index in [0.29, 0.717) is 0 Å². The SMILES string of the molecule is COc1ccc2[nH]cc(CCNCc3cccc(Oc4cccc5ccccc45)c3)c2c1. The summed E-state index contributed by atoms with van der Waals surface area (Å²) in [5.74, 6) is 2.61. The molecule has 0 aliphatic heterocycles. The average Bonchev–Trinajstić information content (AvgIpc) is 3.24. The number of hydrogen-bond donors (Lipinski definition) is 2. The van der Waals surface area contributed by atoms with Crippen molar-refractivity contribution in [2.45, 2.75) is 13.0 Å². The zero-order chi connectivity index (χ0) is 21.8. The molecule has 0 atom stereocenters. The second kappa shape index (κ2) is 9.16. The van der Waals surface area contributed by atoms with Gasteiger partial charge in [0.2, 0.25) is 0 Å². The number of aromatic nitrogens is 1. The predicted molar refractivity (Wildman–Crippen MR) is 131 cm³/mol. The molecule has 1 heterocycles. The van der Waals surface area contributed by atoms with Gasteiger partial charge in [-0.25, -0.2) is 0 Å². The van der Waals surface area contributed by atoms with Crippen LogP contribution in [0.2, 0.25) is 0 Å². The van der Waals surface area contributed by atoms with Crippen LogP contribution in [0.25, 0.3) is 21.7 Å². The van der Waals surface area contributed by atoms with Crippen molar-refractivity contribution in [2.75, 3.05) is 13.7 Å². The van der Waals surface area contributed by atoms with E-state index in [2.05, 4.69) is 59.0 Å². The van der Waals surface area contributed by atoms with Crippen molar-refractivity contribution in [1.82, 2.24) is 10.3 Å². The lowest BCUT2D eigenvalue weighted by Crippen LogP contribution is -2.16. The molecule has 0 unspecified atom stereocenters. The van der Waals surface area contributed by atoms with Crippen LogP contribution in [0.4, 0.5) is 0 Å². The molecule has 2 N–H and O–H groups in total. The molecule has 0 aliphatic carbocycles. The Kier molecular flexibility index (Phi) is 5.77. The topological polar surface area (TPSA) is 46.3 Å². The summed E-state index contributed by atoms with van der Waals surface area (Å²) in [5.41, 5.74) is 3.63. The number of nitrogens with one attached hydrogen (secondary N) is 2. The van der Waals surface area contributed by atoms with Gasteiger partial charge in [-0.15, -0.1) is 0 Å². The van der Waals surface area contributed by atoms with Gasteiger partial charge < -0.3 is 19.8 Å². The Balaban J connectivity index is 1.21. The van der Waals surface area contributed by atoms with Gasteiger partial charge in [0.15, 0.2) is 0 Å². The lowest BCUT2D eigenvalue weighted by Gasteiger charge is -2.11. The number of aromatic amines is 1. The van der Waals surface area contributed by atoms with Gasteiger partial charge in [-0.1, -0.05) is 48.5 Å². The Morgan fingerprint density at radius 1 is 0.812 bits per heavy atom. The summed E-state index contributed by atoms with van der Waals surface area (Å²) >= 11 is 0. The summed E-state index contributed by atoms with van der Waals surface area (Å²) in [6.45, 7) is 1.68. The average molecular weight is 423 g/mol. The van der Waals surface area contributed by atoms with Gasteiger partial charge in [-0.05, 0) is 65.9 Å². The van der Waals surface area contributed by atoms with E-state index in [1.54, 1.807) is 7.11 Å². The van der Waals surface area contributed by atoms with Crippen molar-refractivity contribution in [3.63, 3.8) is 0 Å². The minimum Gasteiger partial charge on any atom is -0.497 e. The molecule has 0 saturated heterocycles. The minimum absolute atomic E-state index is 0.790. The molecule has 4 aromatic carbocycles. The highest BCUT2D eigenvalue weighted by Gasteiger charge is 2.06. The Morgan fingerprint density at radius 2 is 1.69 bits per heavy atom. The summed E-state index contributed by atoms with van der Waals surface area (Å²) in [7, 11) is 1.70. The fraction of sp³-hybridized carbons (Fsp3) is 0.143. The van der Waals surface area contributed by atoms with Crippen molar-refractivity contribution >= 4 is 21.7 Å². The van der Waals surface area contributed by atoms with Gasteiger partial charge >= 0.3 is 0 Å². The number of hydrogen-bond acceptors (Lipinski definition) is 3. The first kappa shape index (κ1) is 20.2. The third-order valence-corrected chi connectivity index (χ3v) is 5.75. The summed E-state index contributed by atoms with van der Waals surface area (Å²) in [6.07, 6.45) is 3.03. The van der Waals surface area contributed by atoms with Crippen molar-refractivity contribution in [3.8, 4) is 17.2 Å². The molecular formula is C28H26N2O2. The molecule has 0 saturated carbocycles. The first-order chi connectivity index (χ1) is 15.8. The lowest BCUT2D eigenvalue weighted by atomic mass is 10.1. The van der Waals surface area contributed by atoms with E-state index in [1.807, 2.05) is 42.5 Å². The van der Waals surface area contributed by atoms with E-state index in [0.717, 1.165) is 47.7 Å². The first-order valence-corrected chi connectivity index (χ1v) is 10.9. The monoisotopic (exact) mass is 422 g/mol. The van der Waals surface area contributed by atoms with Crippen LogP contribution in [0.3, 0.4) is 0 Å². The zero-order valence-electron chi connectivity index (χ0n) is 18.1. The van der Waals surface area contributed by atoms with Crippen LogP contribution in [0.1, 0.15) is 11.1 Å². The van der Waals surface area contributed by atoms with Crippen molar-refractivity contribution in [2.24, 2.45) is 0 Å². The molecule has 5 rings (SSSR count). The second-order valence-corrected chi connectivity index (χ2v) is 7.88. The highest BCUT2D eigenvalue weighted by atomic mass is 16.5. The zero-order valence-corrected chi connectivity index (χ0v) is 18.1. The standard InChI is InChI=1S/C28H26N2O2/c1-31-23-12-13-27-26(17-23)22(19-30-27)14-15-29-18-20-6-4-9-24(16-20)32-28-11-5-8-21-7-2-3-10-25(21)28/h2-13,16-17,19,29-30H,14-15,18H2,1H3. The minimum atomic E-state index is 0.790. The molecule has 4 nitrogen and oxygen atoms in total. The van der Waals surface area contributed by atoms with Crippen molar-refractivity contribution in [3.05, 3.63) is 102 Å². The van der Waals surface area contributed by atoms with Crippen LogP contribution in [-0.2, 0) is 13.0 Å². The van der Waals surface area contributed by atoms with E-state index in [-0.39, 0.29) is 0 Å². The van der Waals surface area contributed by atoms with Crippen molar-refractivity contribution < 1.29 is 9.47 Å². The van der Waals surface area contributed by atoms with Crippen molar-refractivity contribution in [1.29, 1.82) is 0 Å². The largest absolute Gasteiger partial charge is 0.497 e. The van der Waals surface area contributed by atoms with Gasteiger partial charge in [0, 0.05) is 29.0 Å². The number of fused-ring (bicyclic) bond motifs is 2. The molecule has 5 aromatic rings. The highest BCUT2D eigenvalue weighted by Crippen LogP contribution is 2.30. The fourth-order valence-corrected chi connectivity index (χ4v) is 4.08. The number of methoxy groups -OCH3 is 1. The predicted octanol–water partition coefficient (Wildman–Crippen LogP) is 6.45. The number of ether oxygens (including phenoxy) is 2. The Labute approximate surface area is 187 Å². The number of rotatable bonds is 8. The normalized spacial score (nSPS) is 11.2. The molecule has 0 radical (unpaired) electrons. The fourth-order valence-electron chi connectivity index (χ4n) is 4.08. The Morgan fingerprint density at radius 3 is 2.62 bits per heavy atom. The van der Waals surface area contributed by atoms with Gasteiger partial charge in [-0.3, -0.25) is 0 Å². The van der Waals surface area contributed by atoms with Crippen LogP contribution in [-0.4, -0.2) is 18.6 Å². The van der Waals surface area contributed by atoms with Crippen LogP contribution >= 0.6 is 0 Å². The third kappa shape index (κ3) is 4.32. The van der Waals surface area contributed by atoms with Crippen LogP contribution in [0.15, 0.2) is 91.1 Å². The number of benzene rings is 4. The molecule has 4 heteroatoms. The van der Waals surface area contributed by atoms with Gasteiger partial charge in [-0.2, -0.15) is 0 Å². The summed E-state index contributed by atoms with van der Waals surface area (Å²) in [5, 5.41) is 7.07. The van der Waals surface area contributed by atoms with E-state index in [9.17, 15) is 0 Å². The van der Waals surface area contributed by atoms with Gasteiger partial charge in [0.05, 0.1) is 7.11 Å². The molecule has 1 aromatic heterocycles. The Bertz CT molecular complexity index is 1350.